The molecule has 0 aliphatic carbocycles. The Morgan fingerprint density at radius 3 is 2.61 bits per heavy atom. The molecule has 2 aromatic rings. The molecule has 0 radical (unpaired) electrons. The molecule has 1 heterocycles. The van der Waals surface area contributed by atoms with E-state index in [4.69, 9.17) is 11.6 Å². The summed E-state index contributed by atoms with van der Waals surface area (Å²) in [7, 11) is 0. The predicted octanol–water partition coefficient (Wildman–Crippen LogP) is 3.13. The van der Waals surface area contributed by atoms with Crippen molar-refractivity contribution in [1.29, 1.82) is 0 Å². The highest BCUT2D eigenvalue weighted by molar-refractivity contribution is 6.29. The Bertz CT molecular complexity index is 527. The molecule has 18 heavy (non-hydrogen) atoms. The molecule has 0 saturated carbocycles. The Balaban J connectivity index is 2.25. The summed E-state index contributed by atoms with van der Waals surface area (Å²) in [4.78, 5) is 19.0. The number of nitroso groups, excluding NO2 is 1. The van der Waals surface area contributed by atoms with Gasteiger partial charge in [0.15, 0.2) is 0 Å². The fourth-order valence-electron chi connectivity index (χ4n) is 1.52. The lowest BCUT2D eigenvalue weighted by atomic mass is 10.2. The van der Waals surface area contributed by atoms with Gasteiger partial charge in [0.25, 0.3) is 5.95 Å². The summed E-state index contributed by atoms with van der Waals surface area (Å²) in [6, 6.07) is 11.1. The van der Waals surface area contributed by atoms with Crippen molar-refractivity contribution in [3.05, 3.63) is 57.7 Å². The molecule has 1 aromatic heterocycles. The van der Waals surface area contributed by atoms with Crippen molar-refractivity contribution < 1.29 is 0 Å². The van der Waals surface area contributed by atoms with E-state index in [1.165, 1.54) is 5.01 Å². The topological polar surface area (TPSA) is 58.5 Å². The molecule has 1 aromatic carbocycles. The van der Waals surface area contributed by atoms with E-state index in [0.29, 0.717) is 17.4 Å². The number of benzene rings is 1. The standard InChI is InChI=1S/C12H11ClN4O/c1-9-7-11(13)15-12(14-9)17(16-18)8-10-5-3-2-4-6-10/h2-7H,8H2,1H3. The third-order valence-corrected chi connectivity index (χ3v) is 2.51. The van der Waals surface area contributed by atoms with Crippen molar-refractivity contribution in [3.63, 3.8) is 0 Å². The SMILES string of the molecule is Cc1cc(Cl)nc(N(Cc2ccccc2)N=O)n1. The molecule has 0 bridgehead atoms. The van der Waals surface area contributed by atoms with Crippen LogP contribution in [-0.4, -0.2) is 9.97 Å². The smallest absolute Gasteiger partial charge is 0.217 e. The van der Waals surface area contributed by atoms with Gasteiger partial charge in [-0.3, -0.25) is 0 Å². The largest absolute Gasteiger partial charge is 0.250 e. The third-order valence-electron chi connectivity index (χ3n) is 2.32. The summed E-state index contributed by atoms with van der Waals surface area (Å²) in [5.74, 6) is 0.207. The minimum Gasteiger partial charge on any atom is -0.217 e. The number of anilines is 1. The molecular weight excluding hydrogens is 252 g/mol. The Morgan fingerprint density at radius 2 is 2.00 bits per heavy atom. The van der Waals surface area contributed by atoms with Gasteiger partial charge in [-0.15, -0.1) is 4.91 Å². The molecule has 0 aliphatic rings. The van der Waals surface area contributed by atoms with E-state index in [1.54, 1.807) is 13.0 Å². The van der Waals surface area contributed by atoms with E-state index in [9.17, 15) is 4.91 Å². The minimum absolute atomic E-state index is 0.207. The molecule has 0 amide bonds. The van der Waals surface area contributed by atoms with Gasteiger partial charge in [0, 0.05) is 5.69 Å². The number of hydrogen-bond acceptors (Lipinski definition) is 4. The van der Waals surface area contributed by atoms with Crippen LogP contribution in [0.3, 0.4) is 0 Å². The first-order valence-corrected chi connectivity index (χ1v) is 5.73. The van der Waals surface area contributed by atoms with Gasteiger partial charge >= 0.3 is 0 Å². The highest BCUT2D eigenvalue weighted by atomic mass is 35.5. The normalized spacial score (nSPS) is 10.1. The lowest BCUT2D eigenvalue weighted by Gasteiger charge is -2.13. The zero-order valence-electron chi connectivity index (χ0n) is 9.75. The summed E-state index contributed by atoms with van der Waals surface area (Å²) < 4.78 is 0. The van der Waals surface area contributed by atoms with E-state index < -0.39 is 0 Å². The maximum absolute atomic E-state index is 10.9. The summed E-state index contributed by atoms with van der Waals surface area (Å²) in [5.41, 5.74) is 1.63. The quantitative estimate of drug-likeness (QED) is 0.483. The molecule has 5 nitrogen and oxygen atoms in total. The molecule has 0 unspecified atom stereocenters. The molecule has 0 atom stereocenters. The number of aromatic nitrogens is 2. The Labute approximate surface area is 109 Å². The molecule has 0 N–H and O–H groups in total. The predicted molar refractivity (Wildman–Crippen MR) is 70.2 cm³/mol. The fourth-order valence-corrected chi connectivity index (χ4v) is 1.76. The van der Waals surface area contributed by atoms with Crippen LogP contribution in [0.25, 0.3) is 0 Å². The van der Waals surface area contributed by atoms with Gasteiger partial charge in [-0.2, -0.15) is 9.99 Å². The second-order valence-corrected chi connectivity index (χ2v) is 4.14. The zero-order valence-corrected chi connectivity index (χ0v) is 10.5. The van der Waals surface area contributed by atoms with E-state index in [0.717, 1.165) is 5.56 Å². The first-order chi connectivity index (χ1) is 8.69. The van der Waals surface area contributed by atoms with Crippen molar-refractivity contribution >= 4 is 17.5 Å². The molecule has 0 spiro atoms. The number of nitrogens with zero attached hydrogens (tertiary/aromatic N) is 4. The third kappa shape index (κ3) is 3.01. The highest BCUT2D eigenvalue weighted by Gasteiger charge is 2.12. The molecule has 2 rings (SSSR count). The monoisotopic (exact) mass is 262 g/mol. The zero-order chi connectivity index (χ0) is 13.0. The summed E-state index contributed by atoms with van der Waals surface area (Å²) in [6.45, 7) is 2.09. The van der Waals surface area contributed by atoms with Crippen LogP contribution in [0, 0.1) is 11.8 Å². The van der Waals surface area contributed by atoms with Crippen molar-refractivity contribution in [2.75, 3.05) is 5.01 Å². The van der Waals surface area contributed by atoms with Crippen LogP contribution in [0.15, 0.2) is 41.7 Å². The summed E-state index contributed by atoms with van der Waals surface area (Å²) in [6.07, 6.45) is 0. The fraction of sp³-hybridized carbons (Fsp3) is 0.167. The molecule has 0 saturated heterocycles. The van der Waals surface area contributed by atoms with Crippen molar-refractivity contribution in [2.24, 2.45) is 5.29 Å². The molecule has 92 valence electrons. The first kappa shape index (κ1) is 12.4. The molecular formula is C12H11ClN4O. The Morgan fingerprint density at radius 1 is 1.28 bits per heavy atom. The van der Waals surface area contributed by atoms with Crippen LogP contribution in [0.2, 0.25) is 5.15 Å². The van der Waals surface area contributed by atoms with Crippen LogP contribution in [0.5, 0.6) is 0 Å². The summed E-state index contributed by atoms with van der Waals surface area (Å²) in [5, 5.41) is 4.40. The van der Waals surface area contributed by atoms with E-state index in [-0.39, 0.29) is 5.95 Å². The number of aryl methyl sites for hydroxylation is 1. The second kappa shape index (κ2) is 5.55. The molecule has 0 fully saturated rings. The van der Waals surface area contributed by atoms with E-state index >= 15 is 0 Å². The lowest BCUT2D eigenvalue weighted by molar-refractivity contribution is 0.798. The van der Waals surface area contributed by atoms with Gasteiger partial charge in [0.1, 0.15) is 5.15 Å². The van der Waals surface area contributed by atoms with Gasteiger partial charge in [0.05, 0.1) is 11.8 Å². The van der Waals surface area contributed by atoms with Crippen molar-refractivity contribution in [2.45, 2.75) is 13.5 Å². The number of halogens is 1. The van der Waals surface area contributed by atoms with Crippen LogP contribution >= 0.6 is 11.6 Å². The first-order valence-electron chi connectivity index (χ1n) is 5.35. The molecule has 6 heteroatoms. The van der Waals surface area contributed by atoms with Gasteiger partial charge in [-0.1, -0.05) is 41.9 Å². The maximum Gasteiger partial charge on any atom is 0.250 e. The van der Waals surface area contributed by atoms with Crippen molar-refractivity contribution in [3.8, 4) is 0 Å². The average molecular weight is 263 g/mol. The Kier molecular flexibility index (Phi) is 3.84. The van der Waals surface area contributed by atoms with Crippen LogP contribution in [0.4, 0.5) is 5.95 Å². The lowest BCUT2D eigenvalue weighted by Crippen LogP contribution is -2.17. The second-order valence-electron chi connectivity index (χ2n) is 3.76. The van der Waals surface area contributed by atoms with Crippen LogP contribution in [0.1, 0.15) is 11.3 Å². The van der Waals surface area contributed by atoms with Gasteiger partial charge in [-0.05, 0) is 18.6 Å². The van der Waals surface area contributed by atoms with Gasteiger partial charge < -0.3 is 0 Å². The van der Waals surface area contributed by atoms with Crippen LogP contribution in [-0.2, 0) is 6.54 Å². The average Bonchev–Trinajstić information content (AvgIpc) is 2.36. The highest BCUT2D eigenvalue weighted by Crippen LogP contribution is 2.16. The Hall–Kier alpha value is -2.01. The summed E-state index contributed by atoms with van der Waals surface area (Å²) >= 11 is 5.83. The van der Waals surface area contributed by atoms with Crippen molar-refractivity contribution in [1.82, 2.24) is 9.97 Å². The molecule has 0 aliphatic heterocycles. The van der Waals surface area contributed by atoms with Crippen LogP contribution < -0.4 is 5.01 Å². The number of rotatable bonds is 4. The van der Waals surface area contributed by atoms with Gasteiger partial charge in [0.2, 0.25) is 0 Å². The van der Waals surface area contributed by atoms with E-state index in [2.05, 4.69) is 15.3 Å². The minimum atomic E-state index is 0.207. The van der Waals surface area contributed by atoms with E-state index in [1.807, 2.05) is 30.3 Å². The number of hydrogen-bond donors (Lipinski definition) is 0. The maximum atomic E-state index is 10.9. The van der Waals surface area contributed by atoms with Gasteiger partial charge in [-0.25, -0.2) is 4.98 Å².